The Kier molecular flexibility index (Phi) is 7.08. The summed E-state index contributed by atoms with van der Waals surface area (Å²) in [7, 11) is 0. The topological polar surface area (TPSA) is 108 Å². The van der Waals surface area contributed by atoms with Gasteiger partial charge in [0.2, 0.25) is 0 Å². The third-order valence-electron chi connectivity index (χ3n) is 5.43. The smallest absolute Gasteiger partial charge is 0.338 e. The lowest BCUT2D eigenvalue weighted by molar-refractivity contribution is -0.121. The number of amides is 3. The summed E-state index contributed by atoms with van der Waals surface area (Å²) in [5, 5.41) is 9.10. The van der Waals surface area contributed by atoms with E-state index >= 15 is 0 Å². The summed E-state index contributed by atoms with van der Waals surface area (Å²) in [5.74, 6) is -3.22. The van der Waals surface area contributed by atoms with Crippen molar-refractivity contribution in [3.8, 4) is 6.07 Å². The molecule has 0 N–H and O–H groups in total. The van der Waals surface area contributed by atoms with E-state index in [9.17, 15) is 23.6 Å². The number of fused-ring (bicyclic) bond motifs is 1. The van der Waals surface area contributed by atoms with Crippen LogP contribution < -0.4 is 9.80 Å². The number of carbonyl (C=O) groups is 4. The van der Waals surface area contributed by atoms with Crippen LogP contribution in [0.5, 0.6) is 0 Å². The minimum atomic E-state index is -0.887. The SMILES string of the molecule is N#CCCN(C(=O)COC(=O)c1ccc2c(c1)C(=O)N(c1ccccc1Cl)C2=O)c1ccc(F)cc1. The lowest BCUT2D eigenvalue weighted by Gasteiger charge is -2.21. The fourth-order valence-electron chi connectivity index (χ4n) is 3.69. The summed E-state index contributed by atoms with van der Waals surface area (Å²) in [6.45, 7) is -0.636. The van der Waals surface area contributed by atoms with E-state index < -0.39 is 36.1 Å². The number of imide groups is 1. The van der Waals surface area contributed by atoms with Gasteiger partial charge in [-0.3, -0.25) is 14.4 Å². The number of nitriles is 1. The molecule has 0 radical (unpaired) electrons. The number of hydrogen-bond donors (Lipinski definition) is 0. The number of carbonyl (C=O) groups excluding carboxylic acids is 4. The van der Waals surface area contributed by atoms with Gasteiger partial charge < -0.3 is 9.64 Å². The van der Waals surface area contributed by atoms with Crippen LogP contribution in [-0.2, 0) is 9.53 Å². The second-order valence-corrected chi connectivity index (χ2v) is 8.07. The maximum Gasteiger partial charge on any atom is 0.338 e. The van der Waals surface area contributed by atoms with E-state index in [1.807, 2.05) is 6.07 Å². The summed E-state index contributed by atoms with van der Waals surface area (Å²) < 4.78 is 18.4. The number of benzene rings is 3. The van der Waals surface area contributed by atoms with E-state index in [0.717, 1.165) is 4.90 Å². The zero-order valence-corrected chi connectivity index (χ0v) is 19.4. The molecular formula is C26H17ClFN3O5. The minimum Gasteiger partial charge on any atom is -0.452 e. The van der Waals surface area contributed by atoms with Gasteiger partial charge in [0.25, 0.3) is 17.7 Å². The highest BCUT2D eigenvalue weighted by Crippen LogP contribution is 2.33. The van der Waals surface area contributed by atoms with Crippen LogP contribution in [0.25, 0.3) is 0 Å². The van der Waals surface area contributed by atoms with Crippen LogP contribution in [0.2, 0.25) is 5.02 Å². The Hall–Kier alpha value is -4.55. The molecule has 3 amide bonds. The molecule has 0 fully saturated rings. The van der Waals surface area contributed by atoms with Crippen molar-refractivity contribution in [1.82, 2.24) is 0 Å². The molecule has 0 atom stereocenters. The molecule has 1 heterocycles. The molecular weight excluding hydrogens is 489 g/mol. The van der Waals surface area contributed by atoms with Crippen LogP contribution in [0.3, 0.4) is 0 Å². The first-order chi connectivity index (χ1) is 17.3. The Balaban J connectivity index is 1.49. The first-order valence-corrected chi connectivity index (χ1v) is 11.1. The number of ether oxygens (including phenoxy) is 1. The number of rotatable bonds is 7. The van der Waals surface area contributed by atoms with E-state index in [1.165, 1.54) is 53.4 Å². The standard InChI is InChI=1S/C26H17ClFN3O5/c27-21-4-1-2-5-22(21)31-24(33)19-11-6-16(14-20(19)25(31)34)26(35)36-15-23(32)30(13-3-12-29)18-9-7-17(28)8-10-18/h1-2,4-11,14H,3,13,15H2. The highest BCUT2D eigenvalue weighted by atomic mass is 35.5. The number of nitrogens with zero attached hydrogens (tertiary/aromatic N) is 3. The van der Waals surface area contributed by atoms with Crippen molar-refractivity contribution in [2.75, 3.05) is 23.0 Å². The monoisotopic (exact) mass is 505 g/mol. The third kappa shape index (κ3) is 4.80. The van der Waals surface area contributed by atoms with Crippen molar-refractivity contribution in [2.45, 2.75) is 6.42 Å². The zero-order chi connectivity index (χ0) is 25.8. The molecule has 0 unspecified atom stereocenters. The Morgan fingerprint density at radius 2 is 1.69 bits per heavy atom. The third-order valence-corrected chi connectivity index (χ3v) is 5.75. The first-order valence-electron chi connectivity index (χ1n) is 10.7. The Bertz CT molecular complexity index is 1420. The molecule has 180 valence electrons. The number of halogens is 2. The molecule has 36 heavy (non-hydrogen) atoms. The fourth-order valence-corrected chi connectivity index (χ4v) is 3.91. The predicted molar refractivity (Wildman–Crippen MR) is 128 cm³/mol. The van der Waals surface area contributed by atoms with Gasteiger partial charge in [0.05, 0.1) is 39.9 Å². The summed E-state index contributed by atoms with van der Waals surface area (Å²) in [6.07, 6.45) is 0.0138. The summed E-state index contributed by atoms with van der Waals surface area (Å²) >= 11 is 6.15. The second kappa shape index (κ2) is 10.4. The van der Waals surface area contributed by atoms with Crippen LogP contribution in [0, 0.1) is 17.1 Å². The van der Waals surface area contributed by atoms with E-state index in [-0.39, 0.29) is 40.4 Å². The maximum absolute atomic E-state index is 13.3. The molecule has 0 saturated heterocycles. The molecule has 8 nitrogen and oxygen atoms in total. The van der Waals surface area contributed by atoms with Crippen LogP contribution in [-0.4, -0.2) is 36.8 Å². The van der Waals surface area contributed by atoms with Crippen LogP contribution in [0.15, 0.2) is 66.7 Å². The van der Waals surface area contributed by atoms with Crippen molar-refractivity contribution in [3.05, 3.63) is 94.3 Å². The summed E-state index contributed by atoms with van der Waals surface area (Å²) in [6, 6.07) is 17.3. The molecule has 0 spiro atoms. The van der Waals surface area contributed by atoms with Crippen molar-refractivity contribution < 1.29 is 28.3 Å². The normalized spacial score (nSPS) is 12.2. The molecule has 3 aromatic carbocycles. The van der Waals surface area contributed by atoms with Gasteiger partial charge in [-0.1, -0.05) is 23.7 Å². The van der Waals surface area contributed by atoms with E-state index in [1.54, 1.807) is 18.2 Å². The van der Waals surface area contributed by atoms with Gasteiger partial charge in [0, 0.05) is 12.2 Å². The Morgan fingerprint density at radius 3 is 2.39 bits per heavy atom. The number of para-hydroxylation sites is 1. The van der Waals surface area contributed by atoms with Gasteiger partial charge >= 0.3 is 5.97 Å². The molecule has 0 bridgehead atoms. The van der Waals surface area contributed by atoms with Gasteiger partial charge in [0.15, 0.2) is 6.61 Å². The number of esters is 1. The molecule has 0 saturated carbocycles. The highest BCUT2D eigenvalue weighted by molar-refractivity contribution is 6.39. The largest absolute Gasteiger partial charge is 0.452 e. The van der Waals surface area contributed by atoms with E-state index in [4.69, 9.17) is 21.6 Å². The zero-order valence-electron chi connectivity index (χ0n) is 18.6. The average molecular weight is 506 g/mol. The number of hydrogen-bond acceptors (Lipinski definition) is 6. The van der Waals surface area contributed by atoms with E-state index in [2.05, 4.69) is 0 Å². The van der Waals surface area contributed by atoms with Crippen molar-refractivity contribution >= 4 is 46.7 Å². The van der Waals surface area contributed by atoms with Gasteiger partial charge in [0.1, 0.15) is 5.82 Å². The van der Waals surface area contributed by atoms with Crippen molar-refractivity contribution in [3.63, 3.8) is 0 Å². The summed E-state index contributed by atoms with van der Waals surface area (Å²) in [5.41, 5.74) is 0.635. The maximum atomic E-state index is 13.3. The molecule has 1 aliphatic rings. The molecule has 4 rings (SSSR count). The van der Waals surface area contributed by atoms with E-state index in [0.29, 0.717) is 5.69 Å². The molecule has 10 heteroatoms. The van der Waals surface area contributed by atoms with Crippen molar-refractivity contribution in [1.29, 1.82) is 5.26 Å². The van der Waals surface area contributed by atoms with Gasteiger partial charge in [-0.2, -0.15) is 5.26 Å². The van der Waals surface area contributed by atoms with Crippen molar-refractivity contribution in [2.24, 2.45) is 0 Å². The van der Waals surface area contributed by atoms with Gasteiger partial charge in [-0.15, -0.1) is 0 Å². The van der Waals surface area contributed by atoms with Crippen LogP contribution in [0.1, 0.15) is 37.5 Å². The highest BCUT2D eigenvalue weighted by Gasteiger charge is 2.38. The summed E-state index contributed by atoms with van der Waals surface area (Å²) in [4.78, 5) is 53.2. The Labute approximate surface area is 210 Å². The minimum absolute atomic E-state index is 0.00246. The first kappa shape index (κ1) is 24.6. The fraction of sp³-hybridized carbons (Fsp3) is 0.115. The second-order valence-electron chi connectivity index (χ2n) is 7.66. The molecule has 0 aliphatic carbocycles. The lowest BCUT2D eigenvalue weighted by atomic mass is 10.1. The van der Waals surface area contributed by atoms with Gasteiger partial charge in [-0.25, -0.2) is 14.1 Å². The van der Waals surface area contributed by atoms with Gasteiger partial charge in [-0.05, 0) is 54.6 Å². The molecule has 3 aromatic rings. The van der Waals surface area contributed by atoms with Crippen LogP contribution >= 0.6 is 11.6 Å². The lowest BCUT2D eigenvalue weighted by Crippen LogP contribution is -2.35. The predicted octanol–water partition coefficient (Wildman–Crippen LogP) is 4.38. The average Bonchev–Trinajstić information content (AvgIpc) is 3.13. The van der Waals surface area contributed by atoms with Crippen LogP contribution in [0.4, 0.5) is 15.8 Å². The molecule has 0 aromatic heterocycles. The Morgan fingerprint density at radius 1 is 1.00 bits per heavy atom. The quantitative estimate of drug-likeness (QED) is 0.348. The number of anilines is 2. The molecule has 1 aliphatic heterocycles.